The number of anilines is 2. The highest BCUT2D eigenvalue weighted by Gasteiger charge is 2.15. The molecule has 1 aromatic heterocycles. The van der Waals surface area contributed by atoms with Crippen molar-refractivity contribution >= 4 is 17.5 Å². The highest BCUT2D eigenvalue weighted by Crippen LogP contribution is 2.32. The molecule has 0 aliphatic carbocycles. The Hall–Kier alpha value is -3.61. The number of amides is 1. The molecular weight excluding hydrogens is 368 g/mol. The van der Waals surface area contributed by atoms with Crippen LogP contribution in [0.25, 0.3) is 0 Å². The number of carbonyl (C=O) groups is 1. The SMILES string of the molecule is Cc1cc(C(=O)Nc2ccc3c(c2)OCCO3)nc(NCc2ccccc2C)n1. The molecule has 2 heterocycles. The number of aryl methyl sites for hydroxylation is 2. The van der Waals surface area contributed by atoms with Crippen LogP contribution in [-0.2, 0) is 6.54 Å². The molecule has 0 fully saturated rings. The average molecular weight is 390 g/mol. The number of fused-ring (bicyclic) bond motifs is 1. The number of nitrogens with one attached hydrogen (secondary N) is 2. The summed E-state index contributed by atoms with van der Waals surface area (Å²) in [7, 11) is 0. The van der Waals surface area contributed by atoms with Crippen molar-refractivity contribution < 1.29 is 14.3 Å². The Balaban J connectivity index is 1.48. The third-order valence-electron chi connectivity index (χ3n) is 4.59. The van der Waals surface area contributed by atoms with Crippen molar-refractivity contribution in [3.8, 4) is 11.5 Å². The summed E-state index contributed by atoms with van der Waals surface area (Å²) in [6, 6.07) is 15.1. The summed E-state index contributed by atoms with van der Waals surface area (Å²) in [6.45, 7) is 5.49. The number of aromatic nitrogens is 2. The van der Waals surface area contributed by atoms with Gasteiger partial charge >= 0.3 is 0 Å². The van der Waals surface area contributed by atoms with Crippen molar-refractivity contribution in [1.29, 1.82) is 0 Å². The number of ether oxygens (including phenoxy) is 2. The summed E-state index contributed by atoms with van der Waals surface area (Å²) in [5, 5.41) is 6.06. The number of rotatable bonds is 5. The first kappa shape index (κ1) is 18.7. The van der Waals surface area contributed by atoms with E-state index in [0.717, 1.165) is 5.56 Å². The Bertz CT molecular complexity index is 1050. The predicted octanol–water partition coefficient (Wildman–Crippen LogP) is 3.73. The van der Waals surface area contributed by atoms with Crippen molar-refractivity contribution in [3.05, 3.63) is 71.0 Å². The molecule has 0 saturated carbocycles. The van der Waals surface area contributed by atoms with Crippen molar-refractivity contribution in [2.75, 3.05) is 23.8 Å². The number of hydrogen-bond acceptors (Lipinski definition) is 6. The average Bonchev–Trinajstić information content (AvgIpc) is 2.73. The summed E-state index contributed by atoms with van der Waals surface area (Å²) < 4.78 is 11.1. The molecule has 2 N–H and O–H groups in total. The lowest BCUT2D eigenvalue weighted by Crippen LogP contribution is -2.18. The standard InChI is InChI=1S/C22H22N4O3/c1-14-5-3-4-6-16(14)13-23-22-24-15(2)11-18(26-22)21(27)25-17-7-8-19-20(12-17)29-10-9-28-19/h3-8,11-12H,9-10,13H2,1-2H3,(H,25,27)(H,23,24,26). The fraction of sp³-hybridized carbons (Fsp3) is 0.227. The molecule has 4 rings (SSSR count). The van der Waals surface area contributed by atoms with Gasteiger partial charge in [-0.25, -0.2) is 9.97 Å². The fourth-order valence-corrected chi connectivity index (χ4v) is 3.06. The van der Waals surface area contributed by atoms with Crippen molar-refractivity contribution in [2.45, 2.75) is 20.4 Å². The number of hydrogen-bond donors (Lipinski definition) is 2. The molecule has 7 nitrogen and oxygen atoms in total. The molecule has 3 aromatic rings. The zero-order chi connectivity index (χ0) is 20.2. The zero-order valence-electron chi connectivity index (χ0n) is 16.4. The summed E-state index contributed by atoms with van der Waals surface area (Å²) >= 11 is 0. The third-order valence-corrected chi connectivity index (χ3v) is 4.59. The van der Waals surface area contributed by atoms with Crippen LogP contribution in [0.3, 0.4) is 0 Å². The normalized spacial score (nSPS) is 12.3. The minimum absolute atomic E-state index is 0.291. The minimum Gasteiger partial charge on any atom is -0.486 e. The second-order valence-corrected chi connectivity index (χ2v) is 6.81. The molecule has 148 valence electrons. The van der Waals surface area contributed by atoms with Gasteiger partial charge in [-0.15, -0.1) is 0 Å². The first-order valence-electron chi connectivity index (χ1n) is 9.43. The third kappa shape index (κ3) is 4.45. The summed E-state index contributed by atoms with van der Waals surface area (Å²) in [4.78, 5) is 21.5. The molecule has 2 aromatic carbocycles. The lowest BCUT2D eigenvalue weighted by Gasteiger charge is -2.19. The van der Waals surface area contributed by atoms with E-state index in [4.69, 9.17) is 9.47 Å². The zero-order valence-corrected chi connectivity index (χ0v) is 16.4. The van der Waals surface area contributed by atoms with E-state index in [9.17, 15) is 4.79 Å². The van der Waals surface area contributed by atoms with Gasteiger partial charge in [0.15, 0.2) is 11.5 Å². The van der Waals surface area contributed by atoms with Crippen molar-refractivity contribution in [2.24, 2.45) is 0 Å². The van der Waals surface area contributed by atoms with Gasteiger partial charge in [0.2, 0.25) is 5.95 Å². The van der Waals surface area contributed by atoms with Crippen LogP contribution in [-0.4, -0.2) is 29.1 Å². The number of nitrogens with zero attached hydrogens (tertiary/aromatic N) is 2. The van der Waals surface area contributed by atoms with Gasteiger partial charge in [0.05, 0.1) is 0 Å². The summed E-state index contributed by atoms with van der Waals surface area (Å²) in [6.07, 6.45) is 0. The first-order chi connectivity index (χ1) is 14.1. The van der Waals surface area contributed by atoms with Crippen molar-refractivity contribution in [1.82, 2.24) is 9.97 Å². The van der Waals surface area contributed by atoms with Crippen molar-refractivity contribution in [3.63, 3.8) is 0 Å². The molecule has 0 atom stereocenters. The molecule has 0 radical (unpaired) electrons. The number of carbonyl (C=O) groups excluding carboxylic acids is 1. The Morgan fingerprint density at radius 2 is 1.79 bits per heavy atom. The van der Waals surface area contributed by atoms with E-state index in [0.29, 0.717) is 54.3 Å². The van der Waals surface area contributed by atoms with Crippen LogP contribution < -0.4 is 20.1 Å². The topological polar surface area (TPSA) is 85.4 Å². The summed E-state index contributed by atoms with van der Waals surface area (Å²) in [5.74, 6) is 1.40. The van der Waals surface area contributed by atoms with Gasteiger partial charge in [0, 0.05) is 24.0 Å². The van der Waals surface area contributed by atoms with Gasteiger partial charge in [-0.1, -0.05) is 24.3 Å². The minimum atomic E-state index is -0.314. The molecule has 0 bridgehead atoms. The lowest BCUT2D eigenvalue weighted by atomic mass is 10.1. The van der Waals surface area contributed by atoms with E-state index in [1.807, 2.05) is 25.1 Å². The summed E-state index contributed by atoms with van der Waals surface area (Å²) in [5.41, 5.74) is 3.95. The largest absolute Gasteiger partial charge is 0.486 e. The van der Waals surface area contributed by atoms with E-state index >= 15 is 0 Å². The molecule has 7 heteroatoms. The predicted molar refractivity (Wildman–Crippen MR) is 111 cm³/mol. The van der Waals surface area contributed by atoms with Crippen LogP contribution >= 0.6 is 0 Å². The van der Waals surface area contributed by atoms with Gasteiger partial charge in [-0.05, 0) is 43.2 Å². The van der Waals surface area contributed by atoms with Crippen LogP contribution in [0.5, 0.6) is 11.5 Å². The van der Waals surface area contributed by atoms with Crippen LogP contribution in [0, 0.1) is 13.8 Å². The Kier molecular flexibility index (Phi) is 5.29. The highest BCUT2D eigenvalue weighted by molar-refractivity contribution is 6.03. The van der Waals surface area contributed by atoms with Crippen LogP contribution in [0.2, 0.25) is 0 Å². The maximum absolute atomic E-state index is 12.7. The monoisotopic (exact) mass is 390 g/mol. The molecule has 1 aliphatic rings. The highest BCUT2D eigenvalue weighted by atomic mass is 16.6. The number of benzene rings is 2. The van der Waals surface area contributed by atoms with Gasteiger partial charge in [0.1, 0.15) is 18.9 Å². The lowest BCUT2D eigenvalue weighted by molar-refractivity contribution is 0.102. The Labute approximate surface area is 169 Å². The molecule has 0 spiro atoms. The van der Waals surface area contributed by atoms with E-state index in [1.54, 1.807) is 24.3 Å². The molecule has 29 heavy (non-hydrogen) atoms. The quantitative estimate of drug-likeness (QED) is 0.691. The van der Waals surface area contributed by atoms with Gasteiger partial charge in [0.25, 0.3) is 5.91 Å². The smallest absolute Gasteiger partial charge is 0.274 e. The van der Waals surface area contributed by atoms with E-state index in [1.165, 1.54) is 5.56 Å². The maximum Gasteiger partial charge on any atom is 0.274 e. The van der Waals surface area contributed by atoms with Gasteiger partial charge in [-0.3, -0.25) is 4.79 Å². The fourth-order valence-electron chi connectivity index (χ4n) is 3.06. The molecule has 1 aliphatic heterocycles. The second kappa shape index (κ2) is 8.18. The Morgan fingerprint density at radius 1 is 1.00 bits per heavy atom. The second-order valence-electron chi connectivity index (χ2n) is 6.81. The van der Waals surface area contributed by atoms with E-state index in [-0.39, 0.29) is 5.91 Å². The Morgan fingerprint density at radius 3 is 2.62 bits per heavy atom. The van der Waals surface area contributed by atoms with Gasteiger partial charge < -0.3 is 20.1 Å². The molecule has 0 unspecified atom stereocenters. The molecule has 0 saturated heterocycles. The van der Waals surface area contributed by atoms with Crippen LogP contribution in [0.15, 0.2) is 48.5 Å². The maximum atomic E-state index is 12.7. The molecular formula is C22H22N4O3. The van der Waals surface area contributed by atoms with E-state index in [2.05, 4.69) is 33.6 Å². The van der Waals surface area contributed by atoms with Crippen LogP contribution in [0.1, 0.15) is 27.3 Å². The molecule has 1 amide bonds. The van der Waals surface area contributed by atoms with Crippen LogP contribution in [0.4, 0.5) is 11.6 Å². The first-order valence-corrected chi connectivity index (χ1v) is 9.43. The van der Waals surface area contributed by atoms with Gasteiger partial charge in [-0.2, -0.15) is 0 Å². The van der Waals surface area contributed by atoms with E-state index < -0.39 is 0 Å².